The fourth-order valence-corrected chi connectivity index (χ4v) is 4.96. The van der Waals surface area contributed by atoms with Crippen molar-refractivity contribution in [1.29, 1.82) is 0 Å². The van der Waals surface area contributed by atoms with Crippen LogP contribution in [0.25, 0.3) is 0 Å². The SMILES string of the molecule is COC1CCN(CC(=O)N2CCC(CNC(=P)c3cc(C(F)(F)F)cc(C(C)(F)P)c3)CC2)CC1. The van der Waals surface area contributed by atoms with Crippen LogP contribution in [-0.4, -0.2) is 73.6 Å². The zero-order chi connectivity index (χ0) is 25.8. The van der Waals surface area contributed by atoms with Gasteiger partial charge in [-0.05, 0) is 67.9 Å². The zero-order valence-corrected chi connectivity index (χ0v) is 22.4. The van der Waals surface area contributed by atoms with Crippen LogP contribution in [0.5, 0.6) is 0 Å². The molecular weight excluding hydrogens is 500 g/mol. The second kappa shape index (κ2) is 12.0. The van der Waals surface area contributed by atoms with E-state index in [2.05, 4.69) is 19.1 Å². The molecule has 11 heteroatoms. The number of benzene rings is 1. The summed E-state index contributed by atoms with van der Waals surface area (Å²) < 4.78 is 59.8. The predicted octanol–water partition coefficient (Wildman–Crippen LogP) is 4.28. The van der Waals surface area contributed by atoms with Gasteiger partial charge in [-0.2, -0.15) is 13.2 Å². The predicted molar refractivity (Wildman–Crippen MR) is 136 cm³/mol. The highest BCUT2D eigenvalue weighted by atomic mass is 31.0. The molecular formula is C24H35F4N3O2P2. The minimum atomic E-state index is -4.58. The van der Waals surface area contributed by atoms with E-state index in [-0.39, 0.29) is 29.1 Å². The van der Waals surface area contributed by atoms with Crippen molar-refractivity contribution in [2.45, 2.75) is 50.3 Å². The molecule has 5 nitrogen and oxygen atoms in total. The molecule has 2 aliphatic heterocycles. The minimum absolute atomic E-state index is 0.0665. The average molecular weight is 536 g/mol. The van der Waals surface area contributed by atoms with Crippen molar-refractivity contribution in [3.8, 4) is 0 Å². The quantitative estimate of drug-likeness (QED) is 0.399. The van der Waals surface area contributed by atoms with Gasteiger partial charge in [0.1, 0.15) is 5.41 Å². The van der Waals surface area contributed by atoms with Crippen LogP contribution in [0.15, 0.2) is 18.2 Å². The Morgan fingerprint density at radius 1 is 1.09 bits per heavy atom. The first kappa shape index (κ1) is 28.5. The Morgan fingerprint density at radius 2 is 1.69 bits per heavy atom. The molecule has 0 bridgehead atoms. The highest BCUT2D eigenvalue weighted by Gasteiger charge is 2.33. The third kappa shape index (κ3) is 8.19. The Bertz CT molecular complexity index is 859. The van der Waals surface area contributed by atoms with Crippen molar-refractivity contribution in [1.82, 2.24) is 15.1 Å². The Hall–Kier alpha value is -1.11. The van der Waals surface area contributed by atoms with Crippen molar-refractivity contribution < 1.29 is 27.1 Å². The van der Waals surface area contributed by atoms with Crippen LogP contribution >= 0.6 is 18.1 Å². The fraction of sp³-hybridized carbons (Fsp3) is 0.667. The molecule has 0 spiro atoms. The Morgan fingerprint density at radius 3 is 2.23 bits per heavy atom. The van der Waals surface area contributed by atoms with Gasteiger partial charge in [0, 0.05) is 45.3 Å². The van der Waals surface area contributed by atoms with Crippen LogP contribution in [0.2, 0.25) is 0 Å². The lowest BCUT2D eigenvalue weighted by Gasteiger charge is -2.35. The largest absolute Gasteiger partial charge is 0.416 e. The van der Waals surface area contributed by atoms with Gasteiger partial charge in [-0.25, -0.2) is 4.39 Å². The molecule has 1 aromatic rings. The monoisotopic (exact) mass is 535 g/mol. The van der Waals surface area contributed by atoms with Crippen LogP contribution in [-0.2, 0) is 21.1 Å². The molecule has 0 saturated carbocycles. The average Bonchev–Trinajstić information content (AvgIpc) is 2.82. The number of carbonyl (C=O) groups is 1. The summed E-state index contributed by atoms with van der Waals surface area (Å²) in [4.78, 5) is 16.8. The van der Waals surface area contributed by atoms with E-state index in [9.17, 15) is 22.4 Å². The molecule has 2 saturated heterocycles. The number of amides is 1. The maximum Gasteiger partial charge on any atom is 0.416 e. The molecule has 2 fully saturated rings. The second-order valence-electron chi connectivity index (χ2n) is 9.66. The minimum Gasteiger partial charge on any atom is -0.381 e. The molecule has 1 amide bonds. The molecule has 2 heterocycles. The number of hydrogen-bond donors (Lipinski definition) is 1. The third-order valence-electron chi connectivity index (χ3n) is 6.88. The summed E-state index contributed by atoms with van der Waals surface area (Å²) in [7, 11) is 7.06. The summed E-state index contributed by atoms with van der Waals surface area (Å²) in [6, 6.07) is 3.25. The molecule has 2 aliphatic rings. The summed E-state index contributed by atoms with van der Waals surface area (Å²) in [6.45, 7) is 5.24. The smallest absolute Gasteiger partial charge is 0.381 e. The maximum atomic E-state index is 14.4. The first-order valence-electron chi connectivity index (χ1n) is 11.9. The van der Waals surface area contributed by atoms with E-state index in [0.717, 1.165) is 50.9 Å². The Kier molecular flexibility index (Phi) is 9.72. The van der Waals surface area contributed by atoms with Gasteiger partial charge in [-0.1, -0.05) is 9.24 Å². The number of carbonyl (C=O) groups excluding carboxylic acids is 1. The highest BCUT2D eigenvalue weighted by Crippen LogP contribution is 2.38. The molecule has 0 aliphatic carbocycles. The standard InChI is InChI=1S/C24H35F4N3O2P2/c1-23(25,35)18-11-17(12-19(13-18)24(26,27)28)22(34)29-14-16-3-9-31(10-4-16)21(32)15-30-7-5-20(33-2)6-8-30/h11-13,16,20,29,34H,3-10,14-15,35H2,1-2H3. The number of hydrogen-bond acceptors (Lipinski definition) is 3. The molecule has 0 aromatic heterocycles. The van der Waals surface area contributed by atoms with Gasteiger partial charge >= 0.3 is 6.18 Å². The number of likely N-dealkylation sites (tertiary alicyclic amines) is 2. The number of halogens is 4. The van der Waals surface area contributed by atoms with Crippen molar-refractivity contribution in [2.75, 3.05) is 46.4 Å². The molecule has 1 N–H and O–H groups in total. The van der Waals surface area contributed by atoms with E-state index in [0.29, 0.717) is 31.6 Å². The number of methoxy groups -OCH3 is 1. The van der Waals surface area contributed by atoms with Crippen molar-refractivity contribution in [2.24, 2.45) is 5.92 Å². The van der Waals surface area contributed by atoms with Gasteiger partial charge in [0.15, 0.2) is 0 Å². The lowest BCUT2D eigenvalue weighted by molar-refractivity contribution is -0.137. The Labute approximate surface area is 209 Å². The number of rotatable bonds is 8. The van der Waals surface area contributed by atoms with Gasteiger partial charge in [0.05, 0.1) is 18.2 Å². The topological polar surface area (TPSA) is 44.8 Å². The van der Waals surface area contributed by atoms with E-state index in [4.69, 9.17) is 4.74 Å². The van der Waals surface area contributed by atoms with E-state index >= 15 is 0 Å². The molecule has 35 heavy (non-hydrogen) atoms. The summed E-state index contributed by atoms with van der Waals surface area (Å²) in [5.74, 6) is 0.420. The fourth-order valence-electron chi connectivity index (χ4n) is 4.55. The van der Waals surface area contributed by atoms with Crippen molar-refractivity contribution in [3.05, 3.63) is 34.9 Å². The summed E-state index contributed by atoms with van der Waals surface area (Å²) >= 11 is 0. The summed E-state index contributed by atoms with van der Waals surface area (Å²) in [6.07, 6.45) is -0.787. The lowest BCUT2D eigenvalue weighted by Crippen LogP contribution is -2.47. The molecule has 196 valence electrons. The first-order valence-corrected chi connectivity index (χ1v) is 13.0. The van der Waals surface area contributed by atoms with E-state index in [1.165, 1.54) is 13.0 Å². The second-order valence-corrected chi connectivity index (χ2v) is 11.2. The highest BCUT2D eigenvalue weighted by molar-refractivity contribution is 7.22. The molecule has 0 radical (unpaired) electrons. The van der Waals surface area contributed by atoms with Crippen LogP contribution < -0.4 is 5.32 Å². The van der Waals surface area contributed by atoms with E-state index in [1.54, 1.807) is 7.11 Å². The Balaban J connectivity index is 1.49. The molecule has 1 aromatic carbocycles. The van der Waals surface area contributed by atoms with Crippen LogP contribution in [0.1, 0.15) is 49.3 Å². The van der Waals surface area contributed by atoms with Crippen LogP contribution in [0.4, 0.5) is 17.6 Å². The van der Waals surface area contributed by atoms with Crippen molar-refractivity contribution >= 4 is 29.4 Å². The summed E-state index contributed by atoms with van der Waals surface area (Å²) in [5.41, 5.74) is -0.345. The number of piperidine rings is 2. The number of alkyl halides is 4. The zero-order valence-electron chi connectivity index (χ0n) is 20.3. The van der Waals surface area contributed by atoms with Crippen LogP contribution in [0, 0.1) is 5.92 Å². The van der Waals surface area contributed by atoms with E-state index < -0.39 is 17.1 Å². The molecule has 3 rings (SSSR count). The van der Waals surface area contributed by atoms with Gasteiger partial charge < -0.3 is 9.64 Å². The maximum absolute atomic E-state index is 14.4. The summed E-state index contributed by atoms with van der Waals surface area (Å²) in [5, 5.41) is 1.17. The van der Waals surface area contributed by atoms with Crippen molar-refractivity contribution in [3.63, 3.8) is 0 Å². The van der Waals surface area contributed by atoms with Gasteiger partial charge in [0.25, 0.3) is 0 Å². The lowest BCUT2D eigenvalue weighted by atomic mass is 9.96. The molecule has 2 atom stereocenters. The van der Waals surface area contributed by atoms with Crippen LogP contribution in [0.3, 0.4) is 0 Å². The van der Waals surface area contributed by atoms with E-state index in [1.807, 2.05) is 14.1 Å². The van der Waals surface area contributed by atoms with Gasteiger partial charge in [-0.3, -0.25) is 15.0 Å². The third-order valence-corrected chi connectivity index (χ3v) is 7.67. The van der Waals surface area contributed by atoms with Gasteiger partial charge in [0.2, 0.25) is 5.91 Å². The normalized spacial score (nSPS) is 20.6. The van der Waals surface area contributed by atoms with Gasteiger partial charge in [-0.15, -0.1) is 8.86 Å². The number of ether oxygens (including phenoxy) is 1. The number of nitrogens with zero attached hydrogens (tertiary/aromatic N) is 2. The number of nitrogens with one attached hydrogen (secondary N) is 1. The first-order chi connectivity index (χ1) is 16.4. The molecule has 2 unspecified atom stereocenters.